The predicted molar refractivity (Wildman–Crippen MR) is 86.8 cm³/mol. The summed E-state index contributed by atoms with van der Waals surface area (Å²) in [6.45, 7) is 7.88. The summed E-state index contributed by atoms with van der Waals surface area (Å²) in [5.74, 6) is 0.775. The quantitative estimate of drug-likeness (QED) is 0.842. The number of carbonyl (C=O) groups excluding carboxylic acids is 2. The second kappa shape index (κ2) is 5.41. The molecule has 2 heterocycles. The molecule has 1 fully saturated rings. The van der Waals surface area contributed by atoms with Crippen LogP contribution in [0.3, 0.4) is 0 Å². The highest BCUT2D eigenvalue weighted by Crippen LogP contribution is 2.41. The SMILES string of the molecule is CC1CCN(C(=O)CN2C(=O)C(C)(C)c3ccccc32)CC1. The molecule has 4 heteroatoms. The Hall–Kier alpha value is -1.84. The van der Waals surface area contributed by atoms with Crippen molar-refractivity contribution < 1.29 is 9.59 Å². The Morgan fingerprint density at radius 2 is 1.86 bits per heavy atom. The normalized spacial score (nSPS) is 21.1. The number of hydrogen-bond donors (Lipinski definition) is 0. The summed E-state index contributed by atoms with van der Waals surface area (Å²) in [7, 11) is 0. The van der Waals surface area contributed by atoms with Crippen molar-refractivity contribution in [3.8, 4) is 0 Å². The third-order valence-corrected chi connectivity index (χ3v) is 5.08. The summed E-state index contributed by atoms with van der Waals surface area (Å²) in [6, 6.07) is 7.80. The van der Waals surface area contributed by atoms with Gasteiger partial charge in [-0.05, 0) is 44.2 Å². The molecule has 0 aliphatic carbocycles. The van der Waals surface area contributed by atoms with Crippen LogP contribution in [0.4, 0.5) is 5.69 Å². The molecule has 0 saturated carbocycles. The number of nitrogens with zero attached hydrogens (tertiary/aromatic N) is 2. The fraction of sp³-hybridized carbons (Fsp3) is 0.556. The van der Waals surface area contributed by atoms with Gasteiger partial charge >= 0.3 is 0 Å². The largest absolute Gasteiger partial charge is 0.341 e. The first kappa shape index (κ1) is 15.1. The molecule has 2 aliphatic rings. The molecule has 22 heavy (non-hydrogen) atoms. The van der Waals surface area contributed by atoms with Crippen molar-refractivity contribution in [3.05, 3.63) is 29.8 Å². The molecule has 4 nitrogen and oxygen atoms in total. The Morgan fingerprint density at radius 1 is 1.23 bits per heavy atom. The van der Waals surface area contributed by atoms with E-state index in [9.17, 15) is 9.59 Å². The minimum Gasteiger partial charge on any atom is -0.341 e. The van der Waals surface area contributed by atoms with E-state index >= 15 is 0 Å². The zero-order chi connectivity index (χ0) is 15.9. The number of likely N-dealkylation sites (tertiary alicyclic amines) is 1. The Bertz CT molecular complexity index is 601. The second-order valence-corrected chi connectivity index (χ2v) is 7.10. The molecule has 2 amide bonds. The number of fused-ring (bicyclic) bond motifs is 1. The van der Waals surface area contributed by atoms with Gasteiger partial charge < -0.3 is 9.80 Å². The lowest BCUT2D eigenvalue weighted by Gasteiger charge is -2.32. The molecule has 2 aliphatic heterocycles. The maximum Gasteiger partial charge on any atom is 0.242 e. The Labute approximate surface area is 132 Å². The molecule has 0 aromatic heterocycles. The van der Waals surface area contributed by atoms with Gasteiger partial charge in [-0.2, -0.15) is 0 Å². The van der Waals surface area contributed by atoms with Gasteiger partial charge in [0.05, 0.1) is 5.41 Å². The Balaban J connectivity index is 1.78. The molecule has 0 unspecified atom stereocenters. The van der Waals surface area contributed by atoms with E-state index in [1.165, 1.54) is 0 Å². The third kappa shape index (κ3) is 2.40. The average molecular weight is 300 g/mol. The maximum absolute atomic E-state index is 12.7. The van der Waals surface area contributed by atoms with Crippen LogP contribution in [-0.4, -0.2) is 36.3 Å². The van der Waals surface area contributed by atoms with Gasteiger partial charge in [0.25, 0.3) is 0 Å². The van der Waals surface area contributed by atoms with E-state index < -0.39 is 5.41 Å². The van der Waals surface area contributed by atoms with E-state index in [1.807, 2.05) is 43.0 Å². The summed E-state index contributed by atoms with van der Waals surface area (Å²) in [4.78, 5) is 28.8. The highest BCUT2D eigenvalue weighted by atomic mass is 16.2. The number of hydrogen-bond acceptors (Lipinski definition) is 2. The lowest BCUT2D eigenvalue weighted by Crippen LogP contribution is -2.46. The van der Waals surface area contributed by atoms with Crippen molar-refractivity contribution in [1.29, 1.82) is 0 Å². The van der Waals surface area contributed by atoms with Gasteiger partial charge in [0, 0.05) is 18.8 Å². The number of piperidine rings is 1. The van der Waals surface area contributed by atoms with E-state index in [1.54, 1.807) is 4.90 Å². The lowest BCUT2D eigenvalue weighted by atomic mass is 9.86. The minimum absolute atomic E-state index is 0.0208. The van der Waals surface area contributed by atoms with Crippen molar-refractivity contribution in [3.63, 3.8) is 0 Å². The topological polar surface area (TPSA) is 40.6 Å². The number of amides is 2. The first-order valence-corrected chi connectivity index (χ1v) is 8.10. The first-order chi connectivity index (χ1) is 10.4. The minimum atomic E-state index is -0.548. The summed E-state index contributed by atoms with van der Waals surface area (Å²) >= 11 is 0. The van der Waals surface area contributed by atoms with Crippen LogP contribution in [0.15, 0.2) is 24.3 Å². The summed E-state index contributed by atoms with van der Waals surface area (Å²) < 4.78 is 0. The van der Waals surface area contributed by atoms with E-state index in [4.69, 9.17) is 0 Å². The lowest BCUT2D eigenvalue weighted by molar-refractivity contribution is -0.133. The maximum atomic E-state index is 12.7. The fourth-order valence-corrected chi connectivity index (χ4v) is 3.45. The van der Waals surface area contributed by atoms with Gasteiger partial charge in [-0.3, -0.25) is 9.59 Å². The highest BCUT2D eigenvalue weighted by Gasteiger charge is 2.44. The van der Waals surface area contributed by atoms with Crippen LogP contribution >= 0.6 is 0 Å². The van der Waals surface area contributed by atoms with Gasteiger partial charge in [0.1, 0.15) is 6.54 Å². The van der Waals surface area contributed by atoms with E-state index in [0.29, 0.717) is 5.92 Å². The van der Waals surface area contributed by atoms with E-state index in [2.05, 4.69) is 6.92 Å². The Morgan fingerprint density at radius 3 is 2.55 bits per heavy atom. The number of rotatable bonds is 2. The second-order valence-electron chi connectivity index (χ2n) is 7.10. The first-order valence-electron chi connectivity index (χ1n) is 8.10. The van der Waals surface area contributed by atoms with Crippen molar-refractivity contribution in [2.75, 3.05) is 24.5 Å². The van der Waals surface area contributed by atoms with Crippen LogP contribution in [0.1, 0.15) is 39.2 Å². The molecule has 3 rings (SSSR count). The summed E-state index contributed by atoms with van der Waals surface area (Å²) in [5.41, 5.74) is 1.35. The predicted octanol–water partition coefficient (Wildman–Crippen LogP) is 2.57. The van der Waals surface area contributed by atoms with Crippen LogP contribution in [0.5, 0.6) is 0 Å². The van der Waals surface area contributed by atoms with Gasteiger partial charge in [-0.25, -0.2) is 0 Å². The molecule has 118 valence electrons. The number of anilines is 1. The monoisotopic (exact) mass is 300 g/mol. The summed E-state index contributed by atoms with van der Waals surface area (Å²) in [6.07, 6.45) is 2.11. The average Bonchev–Trinajstić information content (AvgIpc) is 2.69. The van der Waals surface area contributed by atoms with Gasteiger partial charge in [-0.15, -0.1) is 0 Å². The molecular formula is C18H24N2O2. The number of carbonyl (C=O) groups is 2. The van der Waals surface area contributed by atoms with Crippen LogP contribution in [0.25, 0.3) is 0 Å². The molecule has 0 atom stereocenters. The zero-order valence-electron chi connectivity index (χ0n) is 13.6. The van der Waals surface area contributed by atoms with E-state index in [0.717, 1.165) is 37.2 Å². The highest BCUT2D eigenvalue weighted by molar-refractivity contribution is 6.10. The van der Waals surface area contributed by atoms with Crippen molar-refractivity contribution in [2.45, 2.75) is 39.0 Å². The van der Waals surface area contributed by atoms with Crippen molar-refractivity contribution >= 4 is 17.5 Å². The fourth-order valence-electron chi connectivity index (χ4n) is 3.45. The van der Waals surface area contributed by atoms with Crippen LogP contribution in [0.2, 0.25) is 0 Å². The van der Waals surface area contributed by atoms with Gasteiger partial charge in [0.2, 0.25) is 11.8 Å². The molecule has 0 radical (unpaired) electrons. The molecule has 1 aromatic rings. The zero-order valence-corrected chi connectivity index (χ0v) is 13.6. The van der Waals surface area contributed by atoms with Crippen LogP contribution in [-0.2, 0) is 15.0 Å². The van der Waals surface area contributed by atoms with Crippen molar-refractivity contribution in [2.24, 2.45) is 5.92 Å². The molecule has 0 N–H and O–H groups in total. The smallest absolute Gasteiger partial charge is 0.242 e. The molecular weight excluding hydrogens is 276 g/mol. The van der Waals surface area contributed by atoms with Gasteiger partial charge in [0.15, 0.2) is 0 Å². The molecule has 1 saturated heterocycles. The summed E-state index contributed by atoms with van der Waals surface area (Å²) in [5, 5.41) is 0. The van der Waals surface area contributed by atoms with E-state index in [-0.39, 0.29) is 18.4 Å². The number of benzene rings is 1. The van der Waals surface area contributed by atoms with Crippen LogP contribution < -0.4 is 4.90 Å². The number of para-hydroxylation sites is 1. The van der Waals surface area contributed by atoms with Crippen LogP contribution in [0, 0.1) is 5.92 Å². The third-order valence-electron chi connectivity index (χ3n) is 5.08. The van der Waals surface area contributed by atoms with Gasteiger partial charge in [-0.1, -0.05) is 25.1 Å². The molecule has 1 aromatic carbocycles. The van der Waals surface area contributed by atoms with Crippen molar-refractivity contribution in [1.82, 2.24) is 4.90 Å². The standard InChI is InChI=1S/C18H24N2O2/c1-13-8-10-19(11-9-13)16(21)12-20-15-7-5-4-6-14(15)18(2,3)17(20)22/h4-7,13H,8-12H2,1-3H3. The molecule has 0 bridgehead atoms. The molecule has 0 spiro atoms. The Kier molecular flexibility index (Phi) is 3.71.